The summed E-state index contributed by atoms with van der Waals surface area (Å²) < 4.78 is 15.2. The molecule has 1 amide bonds. The Bertz CT molecular complexity index is 1040. The first-order chi connectivity index (χ1) is 13.4. The maximum atomic E-state index is 13.3. The molecule has 3 aromatic rings. The van der Waals surface area contributed by atoms with Crippen molar-refractivity contribution in [2.24, 2.45) is 12.8 Å². The molecule has 1 fully saturated rings. The predicted octanol–water partition coefficient (Wildman–Crippen LogP) is 3.25. The second-order valence-corrected chi connectivity index (χ2v) is 7.42. The van der Waals surface area contributed by atoms with Crippen molar-refractivity contribution < 1.29 is 9.18 Å². The van der Waals surface area contributed by atoms with Crippen molar-refractivity contribution in [2.75, 3.05) is 11.9 Å². The molecule has 0 bridgehead atoms. The molecule has 1 aromatic heterocycles. The van der Waals surface area contributed by atoms with Crippen molar-refractivity contribution in [1.82, 2.24) is 14.8 Å². The molecule has 0 radical (unpaired) electrons. The number of carbonyl (C=O) groups is 1. The van der Waals surface area contributed by atoms with Crippen LogP contribution in [0.3, 0.4) is 0 Å². The van der Waals surface area contributed by atoms with Gasteiger partial charge in [-0.1, -0.05) is 23.7 Å². The molecule has 0 saturated heterocycles. The summed E-state index contributed by atoms with van der Waals surface area (Å²) in [6, 6.07) is 11.9. The largest absolute Gasteiger partial charge is 0.376 e. The van der Waals surface area contributed by atoms with Gasteiger partial charge in [-0.25, -0.2) is 4.39 Å². The minimum absolute atomic E-state index is 0.0317. The molecular weight excluding hydrogens is 381 g/mol. The van der Waals surface area contributed by atoms with Crippen LogP contribution < -0.4 is 11.1 Å². The molecule has 0 atom stereocenters. The number of halogens is 2. The Kier molecular flexibility index (Phi) is 4.55. The fourth-order valence-corrected chi connectivity index (χ4v) is 3.78. The number of primary amides is 1. The molecule has 28 heavy (non-hydrogen) atoms. The van der Waals surface area contributed by atoms with Gasteiger partial charge in [-0.05, 0) is 48.7 Å². The Morgan fingerprint density at radius 2 is 1.96 bits per heavy atom. The third-order valence-electron chi connectivity index (χ3n) is 5.13. The smallest absolute Gasteiger partial charge is 0.236 e. The molecule has 8 heteroatoms. The van der Waals surface area contributed by atoms with Crippen molar-refractivity contribution in [3.8, 4) is 11.4 Å². The Balaban J connectivity index is 1.66. The summed E-state index contributed by atoms with van der Waals surface area (Å²) in [7, 11) is 1.91. The standard InChI is InChI=1S/C20H19ClFN5O/c1-27-18(15-7-6-14(10-16(15)21)24-11-17(23)28)25-26-19(27)20(8-9-20)12-2-4-13(22)5-3-12/h2-7,10,24H,8-9,11H2,1H3,(H2,23,28). The zero-order chi connectivity index (χ0) is 19.9. The normalized spacial score (nSPS) is 14.7. The van der Waals surface area contributed by atoms with Gasteiger partial charge in [0.15, 0.2) is 5.82 Å². The number of hydrogen-bond donors (Lipinski definition) is 2. The lowest BCUT2D eigenvalue weighted by Crippen LogP contribution is -2.21. The van der Waals surface area contributed by atoms with Crippen LogP contribution in [-0.2, 0) is 17.3 Å². The zero-order valence-corrected chi connectivity index (χ0v) is 16.0. The van der Waals surface area contributed by atoms with Gasteiger partial charge in [0.25, 0.3) is 0 Å². The number of rotatable bonds is 6. The highest BCUT2D eigenvalue weighted by atomic mass is 35.5. The third-order valence-corrected chi connectivity index (χ3v) is 5.44. The molecule has 1 saturated carbocycles. The number of anilines is 1. The highest BCUT2D eigenvalue weighted by molar-refractivity contribution is 6.33. The average molecular weight is 400 g/mol. The number of carbonyl (C=O) groups excluding carboxylic acids is 1. The van der Waals surface area contributed by atoms with Gasteiger partial charge in [0.2, 0.25) is 5.91 Å². The monoisotopic (exact) mass is 399 g/mol. The SMILES string of the molecule is Cn1c(-c2ccc(NCC(N)=O)cc2Cl)nnc1C1(c2ccc(F)cc2)CC1. The topological polar surface area (TPSA) is 85.8 Å². The van der Waals surface area contributed by atoms with E-state index >= 15 is 0 Å². The van der Waals surface area contributed by atoms with Crippen molar-refractivity contribution in [1.29, 1.82) is 0 Å². The summed E-state index contributed by atoms with van der Waals surface area (Å²) >= 11 is 6.45. The molecule has 1 aliphatic carbocycles. The quantitative estimate of drug-likeness (QED) is 0.666. The maximum Gasteiger partial charge on any atom is 0.236 e. The van der Waals surface area contributed by atoms with Gasteiger partial charge >= 0.3 is 0 Å². The van der Waals surface area contributed by atoms with Gasteiger partial charge in [-0.2, -0.15) is 0 Å². The number of benzene rings is 2. The molecule has 3 N–H and O–H groups in total. The van der Waals surface area contributed by atoms with Gasteiger partial charge < -0.3 is 15.6 Å². The first-order valence-electron chi connectivity index (χ1n) is 8.89. The van der Waals surface area contributed by atoms with Crippen LogP contribution in [0.1, 0.15) is 24.2 Å². The summed E-state index contributed by atoms with van der Waals surface area (Å²) in [5, 5.41) is 12.2. The number of nitrogens with one attached hydrogen (secondary N) is 1. The Labute approximate surface area is 166 Å². The van der Waals surface area contributed by atoms with E-state index in [1.807, 2.05) is 35.9 Å². The molecule has 144 valence electrons. The van der Waals surface area contributed by atoms with Crippen LogP contribution in [0.4, 0.5) is 10.1 Å². The second-order valence-electron chi connectivity index (χ2n) is 7.01. The molecule has 1 aliphatic rings. The summed E-state index contributed by atoms with van der Waals surface area (Å²) in [6.07, 6.45) is 1.88. The number of nitrogens with two attached hydrogens (primary N) is 1. The van der Waals surface area contributed by atoms with Gasteiger partial charge in [-0.3, -0.25) is 4.79 Å². The van der Waals surface area contributed by atoms with E-state index in [-0.39, 0.29) is 17.8 Å². The minimum Gasteiger partial charge on any atom is -0.376 e. The van der Waals surface area contributed by atoms with E-state index in [4.69, 9.17) is 17.3 Å². The van der Waals surface area contributed by atoms with Crippen molar-refractivity contribution >= 4 is 23.2 Å². The fourth-order valence-electron chi connectivity index (χ4n) is 3.51. The summed E-state index contributed by atoms with van der Waals surface area (Å²) in [4.78, 5) is 10.9. The molecule has 1 heterocycles. The predicted molar refractivity (Wildman–Crippen MR) is 106 cm³/mol. The lowest BCUT2D eigenvalue weighted by atomic mass is 9.95. The van der Waals surface area contributed by atoms with Gasteiger partial charge in [-0.15, -0.1) is 10.2 Å². The van der Waals surface area contributed by atoms with Crippen LogP contribution in [0.2, 0.25) is 5.02 Å². The molecule has 6 nitrogen and oxygen atoms in total. The first-order valence-corrected chi connectivity index (χ1v) is 9.26. The van der Waals surface area contributed by atoms with E-state index in [0.29, 0.717) is 16.5 Å². The van der Waals surface area contributed by atoms with Crippen molar-refractivity contribution in [3.63, 3.8) is 0 Å². The van der Waals surface area contributed by atoms with Crippen LogP contribution in [0.15, 0.2) is 42.5 Å². The maximum absolute atomic E-state index is 13.3. The van der Waals surface area contributed by atoms with E-state index < -0.39 is 5.91 Å². The number of hydrogen-bond acceptors (Lipinski definition) is 4. The van der Waals surface area contributed by atoms with Gasteiger partial charge in [0.1, 0.15) is 11.6 Å². The van der Waals surface area contributed by atoms with E-state index in [1.165, 1.54) is 12.1 Å². The number of aromatic nitrogens is 3. The average Bonchev–Trinajstić information content (AvgIpc) is 3.38. The number of amides is 1. The molecule has 0 spiro atoms. The van der Waals surface area contributed by atoms with Crippen LogP contribution in [0.25, 0.3) is 11.4 Å². The third kappa shape index (κ3) is 3.22. The molecule has 0 unspecified atom stereocenters. The highest BCUT2D eigenvalue weighted by Crippen LogP contribution is 2.53. The first kappa shape index (κ1) is 18.4. The van der Waals surface area contributed by atoms with Crippen molar-refractivity contribution in [3.05, 3.63) is 64.7 Å². The van der Waals surface area contributed by atoms with E-state index in [1.54, 1.807) is 6.07 Å². The molecular formula is C20H19ClFN5O. The summed E-state index contributed by atoms with van der Waals surface area (Å²) in [5.41, 5.74) is 7.38. The van der Waals surface area contributed by atoms with Gasteiger partial charge in [0, 0.05) is 18.3 Å². The van der Waals surface area contributed by atoms with Crippen LogP contribution in [0.5, 0.6) is 0 Å². The van der Waals surface area contributed by atoms with Crippen LogP contribution in [-0.4, -0.2) is 27.2 Å². The van der Waals surface area contributed by atoms with Gasteiger partial charge in [0.05, 0.1) is 17.0 Å². The zero-order valence-electron chi connectivity index (χ0n) is 15.2. The van der Waals surface area contributed by atoms with E-state index in [0.717, 1.165) is 29.8 Å². The Morgan fingerprint density at radius 3 is 2.57 bits per heavy atom. The van der Waals surface area contributed by atoms with Crippen LogP contribution in [0, 0.1) is 5.82 Å². The molecule has 4 rings (SSSR count). The lowest BCUT2D eigenvalue weighted by Gasteiger charge is -2.16. The lowest BCUT2D eigenvalue weighted by molar-refractivity contribution is -0.116. The Hall–Kier alpha value is -2.93. The summed E-state index contributed by atoms with van der Waals surface area (Å²) in [5.74, 6) is 0.777. The Morgan fingerprint density at radius 1 is 1.25 bits per heavy atom. The second kappa shape index (κ2) is 6.91. The summed E-state index contributed by atoms with van der Waals surface area (Å²) in [6.45, 7) is 0.0317. The van der Waals surface area contributed by atoms with E-state index in [2.05, 4.69) is 15.5 Å². The van der Waals surface area contributed by atoms with E-state index in [9.17, 15) is 9.18 Å². The molecule has 2 aromatic carbocycles. The number of nitrogens with zero attached hydrogens (tertiary/aromatic N) is 3. The van der Waals surface area contributed by atoms with Crippen molar-refractivity contribution in [2.45, 2.75) is 18.3 Å². The minimum atomic E-state index is -0.450. The van der Waals surface area contributed by atoms with Crippen LogP contribution >= 0.6 is 11.6 Å². The highest BCUT2D eigenvalue weighted by Gasteiger charge is 2.50. The fraction of sp³-hybridized carbons (Fsp3) is 0.250. The molecule has 0 aliphatic heterocycles.